The highest BCUT2D eigenvalue weighted by Gasteiger charge is 2.46. The van der Waals surface area contributed by atoms with E-state index < -0.39 is 9.84 Å². The van der Waals surface area contributed by atoms with E-state index in [-0.39, 0.29) is 22.2 Å². The number of rotatable bonds is 2. The molecule has 2 atom stereocenters. The van der Waals surface area contributed by atoms with Gasteiger partial charge in [0.15, 0.2) is 15.6 Å². The van der Waals surface area contributed by atoms with E-state index in [4.69, 9.17) is 0 Å². The van der Waals surface area contributed by atoms with E-state index in [1.165, 1.54) is 6.20 Å². The summed E-state index contributed by atoms with van der Waals surface area (Å²) in [7, 11) is -3.01. The van der Waals surface area contributed by atoms with Crippen LogP contribution in [0.15, 0.2) is 12.4 Å². The Bertz CT molecular complexity index is 622. The lowest BCUT2D eigenvalue weighted by Crippen LogP contribution is -2.45. The molecule has 2 aliphatic rings. The highest BCUT2D eigenvalue weighted by Crippen LogP contribution is 2.40. The third-order valence-corrected chi connectivity index (χ3v) is 7.17. The summed E-state index contributed by atoms with van der Waals surface area (Å²) in [5.74, 6) is -0.266. The molecule has 108 valence electrons. The molecule has 2 saturated heterocycles. The van der Waals surface area contributed by atoms with E-state index in [9.17, 15) is 13.2 Å². The third kappa shape index (κ3) is 2.26. The molecule has 1 aromatic rings. The number of hydrogen-bond acceptors (Lipinski definition) is 5. The third-order valence-electron chi connectivity index (χ3n) is 4.45. The fraction of sp³-hybridized carbons (Fsp3) is 0.643. The molecule has 2 aliphatic heterocycles. The zero-order valence-corrected chi connectivity index (χ0v) is 12.3. The Morgan fingerprint density at radius 2 is 1.85 bits per heavy atom. The van der Waals surface area contributed by atoms with Gasteiger partial charge in [-0.25, -0.2) is 13.4 Å². The molecule has 1 aromatic heterocycles. The van der Waals surface area contributed by atoms with Crippen molar-refractivity contribution in [3.8, 4) is 0 Å². The van der Waals surface area contributed by atoms with Crippen molar-refractivity contribution >= 4 is 15.6 Å². The number of hydrogen-bond donors (Lipinski definition) is 0. The molecule has 2 bridgehead atoms. The van der Waals surface area contributed by atoms with Gasteiger partial charge in [-0.2, -0.15) is 0 Å². The summed E-state index contributed by atoms with van der Waals surface area (Å²) >= 11 is 0. The van der Waals surface area contributed by atoms with Crippen molar-refractivity contribution in [1.29, 1.82) is 0 Å². The molecule has 0 spiro atoms. The van der Waals surface area contributed by atoms with Crippen LogP contribution in [-0.2, 0) is 9.84 Å². The largest absolute Gasteiger partial charge is 0.292 e. The SMILES string of the molecule is Cc1cncc(C(=O)C2CC3CCCC(C2)S3(=O)=O)n1. The topological polar surface area (TPSA) is 77.0 Å². The van der Waals surface area contributed by atoms with Gasteiger partial charge < -0.3 is 0 Å². The molecular weight excluding hydrogens is 276 g/mol. The summed E-state index contributed by atoms with van der Waals surface area (Å²) < 4.78 is 24.4. The minimum atomic E-state index is -3.01. The molecule has 0 aliphatic carbocycles. The maximum absolute atomic E-state index is 12.5. The molecule has 20 heavy (non-hydrogen) atoms. The number of aromatic nitrogens is 2. The Kier molecular flexibility index (Phi) is 3.36. The Morgan fingerprint density at radius 3 is 2.45 bits per heavy atom. The average Bonchev–Trinajstić information content (AvgIpc) is 2.36. The first-order valence-corrected chi connectivity index (χ1v) is 8.65. The molecule has 0 aromatic carbocycles. The summed E-state index contributed by atoms with van der Waals surface area (Å²) in [6.45, 7) is 1.80. The Morgan fingerprint density at radius 1 is 1.20 bits per heavy atom. The number of nitrogens with zero attached hydrogens (tertiary/aromatic N) is 2. The number of carbonyl (C=O) groups excluding carboxylic acids is 1. The van der Waals surface area contributed by atoms with Crippen molar-refractivity contribution < 1.29 is 13.2 Å². The molecule has 2 fully saturated rings. The van der Waals surface area contributed by atoms with Crippen molar-refractivity contribution in [2.75, 3.05) is 0 Å². The van der Waals surface area contributed by atoms with Crippen molar-refractivity contribution in [2.24, 2.45) is 5.92 Å². The lowest BCUT2D eigenvalue weighted by molar-refractivity contribution is 0.0888. The van der Waals surface area contributed by atoms with Gasteiger partial charge in [-0.15, -0.1) is 0 Å². The fourth-order valence-electron chi connectivity index (χ4n) is 3.41. The van der Waals surface area contributed by atoms with E-state index in [1.807, 2.05) is 0 Å². The smallest absolute Gasteiger partial charge is 0.185 e. The van der Waals surface area contributed by atoms with Gasteiger partial charge in [0.2, 0.25) is 0 Å². The fourth-order valence-corrected chi connectivity index (χ4v) is 5.95. The summed E-state index contributed by atoms with van der Waals surface area (Å²) in [6.07, 6.45) is 6.34. The lowest BCUT2D eigenvalue weighted by Gasteiger charge is -2.37. The second kappa shape index (κ2) is 4.91. The van der Waals surface area contributed by atoms with Gasteiger partial charge in [-0.05, 0) is 32.6 Å². The van der Waals surface area contributed by atoms with Crippen LogP contribution < -0.4 is 0 Å². The molecule has 0 saturated carbocycles. The quantitative estimate of drug-likeness (QED) is 0.776. The molecule has 0 radical (unpaired) electrons. The van der Waals surface area contributed by atoms with E-state index in [2.05, 4.69) is 9.97 Å². The van der Waals surface area contributed by atoms with Crippen LogP contribution in [0.25, 0.3) is 0 Å². The predicted octanol–water partition coefficient (Wildman–Crippen LogP) is 1.71. The summed E-state index contributed by atoms with van der Waals surface area (Å²) in [5.41, 5.74) is 1.08. The normalized spacial score (nSPS) is 31.8. The highest BCUT2D eigenvalue weighted by atomic mass is 32.2. The number of Topliss-reactive ketones (excluding diaryl/α,β-unsaturated/α-hetero) is 1. The van der Waals surface area contributed by atoms with Crippen molar-refractivity contribution in [1.82, 2.24) is 9.97 Å². The highest BCUT2D eigenvalue weighted by molar-refractivity contribution is 7.92. The van der Waals surface area contributed by atoms with Crippen molar-refractivity contribution in [3.63, 3.8) is 0 Å². The van der Waals surface area contributed by atoms with E-state index in [0.717, 1.165) is 6.42 Å². The van der Waals surface area contributed by atoms with Crippen LogP contribution in [0.5, 0.6) is 0 Å². The Hall–Kier alpha value is -1.30. The van der Waals surface area contributed by atoms with Crippen molar-refractivity contribution in [2.45, 2.75) is 49.5 Å². The lowest BCUT2D eigenvalue weighted by atomic mass is 9.86. The van der Waals surface area contributed by atoms with Gasteiger partial charge in [0.25, 0.3) is 0 Å². The van der Waals surface area contributed by atoms with Crippen LogP contribution in [0, 0.1) is 12.8 Å². The maximum Gasteiger partial charge on any atom is 0.185 e. The number of sulfone groups is 1. The van der Waals surface area contributed by atoms with Gasteiger partial charge in [0, 0.05) is 12.1 Å². The Balaban J connectivity index is 1.85. The standard InChI is InChI=1S/C14H18N2O3S/c1-9-7-15-8-13(16-9)14(17)10-5-11-3-2-4-12(6-10)20(11,18)19/h7-8,10-12H,2-6H2,1H3. The molecule has 3 rings (SSSR count). The van der Waals surface area contributed by atoms with Crippen LogP contribution in [0.2, 0.25) is 0 Å². The molecular formula is C14H18N2O3S. The molecule has 3 heterocycles. The second-order valence-electron chi connectivity index (χ2n) is 5.84. The van der Waals surface area contributed by atoms with Crippen LogP contribution in [-0.4, -0.2) is 34.7 Å². The Labute approximate surface area is 118 Å². The number of aryl methyl sites for hydroxylation is 1. The summed E-state index contributed by atoms with van der Waals surface area (Å²) in [4.78, 5) is 20.7. The maximum atomic E-state index is 12.5. The molecule has 5 nitrogen and oxygen atoms in total. The van der Waals surface area contributed by atoms with Crippen LogP contribution >= 0.6 is 0 Å². The van der Waals surface area contributed by atoms with Gasteiger partial charge >= 0.3 is 0 Å². The van der Waals surface area contributed by atoms with E-state index >= 15 is 0 Å². The van der Waals surface area contributed by atoms with Crippen LogP contribution in [0.3, 0.4) is 0 Å². The average molecular weight is 294 g/mol. The molecule has 2 unspecified atom stereocenters. The summed E-state index contributed by atoms with van der Waals surface area (Å²) in [6, 6.07) is 0. The first-order chi connectivity index (χ1) is 9.48. The number of fused-ring (bicyclic) bond motifs is 2. The first-order valence-electron chi connectivity index (χ1n) is 7.04. The zero-order valence-electron chi connectivity index (χ0n) is 11.4. The minimum absolute atomic E-state index is 0.0481. The van der Waals surface area contributed by atoms with Gasteiger partial charge in [-0.1, -0.05) is 6.42 Å². The summed E-state index contributed by atoms with van der Waals surface area (Å²) in [5, 5.41) is -0.663. The van der Waals surface area contributed by atoms with E-state index in [0.29, 0.717) is 37.1 Å². The van der Waals surface area contributed by atoms with Crippen LogP contribution in [0.1, 0.15) is 48.3 Å². The van der Waals surface area contributed by atoms with Gasteiger partial charge in [-0.3, -0.25) is 9.78 Å². The second-order valence-corrected chi connectivity index (χ2v) is 8.35. The molecule has 6 heteroatoms. The molecule has 0 N–H and O–H groups in total. The van der Waals surface area contributed by atoms with Gasteiger partial charge in [0.05, 0.1) is 22.4 Å². The monoisotopic (exact) mass is 294 g/mol. The minimum Gasteiger partial charge on any atom is -0.292 e. The zero-order chi connectivity index (χ0) is 14.3. The first kappa shape index (κ1) is 13.7. The predicted molar refractivity (Wildman–Crippen MR) is 74.2 cm³/mol. The van der Waals surface area contributed by atoms with E-state index in [1.54, 1.807) is 13.1 Å². The number of ketones is 1. The van der Waals surface area contributed by atoms with Gasteiger partial charge in [0.1, 0.15) is 5.69 Å². The van der Waals surface area contributed by atoms with Crippen LogP contribution in [0.4, 0.5) is 0 Å². The number of carbonyl (C=O) groups is 1. The van der Waals surface area contributed by atoms with Crippen molar-refractivity contribution in [3.05, 3.63) is 23.8 Å². The molecule has 0 amide bonds.